The van der Waals surface area contributed by atoms with E-state index in [0.717, 1.165) is 10.0 Å². The van der Waals surface area contributed by atoms with E-state index in [4.69, 9.17) is 5.11 Å². The molecule has 110 valence electrons. The Morgan fingerprint density at radius 3 is 2.70 bits per heavy atom. The lowest BCUT2D eigenvalue weighted by molar-refractivity contribution is -0.141. The van der Waals surface area contributed by atoms with E-state index in [2.05, 4.69) is 26.6 Å². The van der Waals surface area contributed by atoms with Gasteiger partial charge in [-0.2, -0.15) is 0 Å². The van der Waals surface area contributed by atoms with Crippen molar-refractivity contribution in [3.8, 4) is 0 Å². The predicted molar refractivity (Wildman–Crippen MR) is 81.9 cm³/mol. The van der Waals surface area contributed by atoms with Gasteiger partial charge in [-0.3, -0.25) is 4.79 Å². The molecular formula is C14H19BrN2O3. The largest absolute Gasteiger partial charge is 0.481 e. The number of carboxylic acids is 1. The van der Waals surface area contributed by atoms with Crippen LogP contribution in [0.2, 0.25) is 0 Å². The first-order chi connectivity index (χ1) is 9.40. The van der Waals surface area contributed by atoms with Crippen LogP contribution in [0, 0.1) is 12.8 Å². The van der Waals surface area contributed by atoms with Crippen LogP contribution in [0.5, 0.6) is 0 Å². The third kappa shape index (κ3) is 5.61. The maximum Gasteiger partial charge on any atom is 0.319 e. The van der Waals surface area contributed by atoms with Crippen molar-refractivity contribution in [2.24, 2.45) is 5.92 Å². The van der Waals surface area contributed by atoms with E-state index in [1.54, 1.807) is 6.92 Å². The Morgan fingerprint density at radius 1 is 1.40 bits per heavy atom. The molecule has 0 bridgehead atoms. The third-order valence-corrected chi connectivity index (χ3v) is 3.81. The van der Waals surface area contributed by atoms with Gasteiger partial charge in [-0.1, -0.05) is 28.9 Å². The first-order valence-electron chi connectivity index (χ1n) is 6.44. The van der Waals surface area contributed by atoms with E-state index < -0.39 is 5.97 Å². The van der Waals surface area contributed by atoms with Gasteiger partial charge in [0.25, 0.3) is 0 Å². The van der Waals surface area contributed by atoms with Gasteiger partial charge < -0.3 is 15.7 Å². The van der Waals surface area contributed by atoms with E-state index in [9.17, 15) is 9.59 Å². The van der Waals surface area contributed by atoms with Crippen LogP contribution in [0.15, 0.2) is 22.7 Å². The Labute approximate surface area is 126 Å². The quantitative estimate of drug-likeness (QED) is 0.693. The van der Waals surface area contributed by atoms with E-state index in [1.165, 1.54) is 0 Å². The van der Waals surface area contributed by atoms with Crippen LogP contribution in [0.3, 0.4) is 0 Å². The van der Waals surface area contributed by atoms with E-state index in [-0.39, 0.29) is 11.9 Å². The summed E-state index contributed by atoms with van der Waals surface area (Å²) in [6.07, 6.45) is 1.18. The normalized spacial score (nSPS) is 11.8. The molecule has 3 N–H and O–H groups in total. The minimum Gasteiger partial charge on any atom is -0.481 e. The topological polar surface area (TPSA) is 78.4 Å². The van der Waals surface area contributed by atoms with Gasteiger partial charge in [0.05, 0.1) is 5.92 Å². The highest BCUT2D eigenvalue weighted by Crippen LogP contribution is 2.20. The van der Waals surface area contributed by atoms with Crippen molar-refractivity contribution in [1.29, 1.82) is 0 Å². The molecule has 1 aromatic carbocycles. The summed E-state index contributed by atoms with van der Waals surface area (Å²) in [6.45, 7) is 4.08. The Kier molecular flexibility index (Phi) is 6.51. The Balaban J connectivity index is 2.30. The first kappa shape index (κ1) is 16.5. The zero-order valence-electron chi connectivity index (χ0n) is 11.6. The molecular weight excluding hydrogens is 324 g/mol. The Morgan fingerprint density at radius 2 is 2.10 bits per heavy atom. The van der Waals surface area contributed by atoms with E-state index in [1.807, 2.05) is 25.1 Å². The fourth-order valence-electron chi connectivity index (χ4n) is 1.58. The molecule has 0 saturated carbocycles. The van der Waals surface area contributed by atoms with Crippen LogP contribution in [0.1, 0.15) is 25.3 Å². The molecule has 0 aliphatic heterocycles. The molecule has 0 spiro atoms. The number of benzene rings is 1. The molecule has 0 heterocycles. The number of aliphatic carboxylic acids is 1. The number of carboxylic acid groups (broad SMARTS) is 1. The minimum absolute atomic E-state index is 0.288. The van der Waals surface area contributed by atoms with Crippen LogP contribution in [0.25, 0.3) is 0 Å². The van der Waals surface area contributed by atoms with E-state index in [0.29, 0.717) is 25.1 Å². The van der Waals surface area contributed by atoms with Crippen molar-refractivity contribution >= 4 is 33.6 Å². The van der Waals surface area contributed by atoms with Gasteiger partial charge in [-0.25, -0.2) is 4.79 Å². The lowest BCUT2D eigenvalue weighted by Gasteiger charge is -2.09. The van der Waals surface area contributed by atoms with Crippen molar-refractivity contribution in [3.05, 3.63) is 28.2 Å². The summed E-state index contributed by atoms with van der Waals surface area (Å²) in [6, 6.07) is 5.28. The van der Waals surface area contributed by atoms with E-state index >= 15 is 0 Å². The zero-order valence-corrected chi connectivity index (χ0v) is 13.2. The molecule has 0 aliphatic rings. The molecule has 1 unspecified atom stereocenters. The van der Waals surface area contributed by atoms with Crippen molar-refractivity contribution in [1.82, 2.24) is 5.32 Å². The number of amides is 2. The lowest BCUT2D eigenvalue weighted by atomic mass is 10.1. The summed E-state index contributed by atoms with van der Waals surface area (Å²) < 4.78 is 0.936. The fourth-order valence-corrected chi connectivity index (χ4v) is 1.96. The molecule has 1 atom stereocenters. The van der Waals surface area contributed by atoms with Gasteiger partial charge in [0.1, 0.15) is 0 Å². The second-order valence-electron chi connectivity index (χ2n) is 4.73. The molecule has 1 rings (SSSR count). The average Bonchev–Trinajstić information content (AvgIpc) is 2.38. The highest BCUT2D eigenvalue weighted by Gasteiger charge is 2.10. The molecule has 0 radical (unpaired) electrons. The highest BCUT2D eigenvalue weighted by molar-refractivity contribution is 9.10. The first-order valence-corrected chi connectivity index (χ1v) is 7.23. The molecule has 20 heavy (non-hydrogen) atoms. The molecule has 0 saturated heterocycles. The van der Waals surface area contributed by atoms with Gasteiger partial charge >= 0.3 is 12.0 Å². The number of carbonyl (C=O) groups excluding carboxylic acids is 1. The Hall–Kier alpha value is -1.56. The van der Waals surface area contributed by atoms with Crippen molar-refractivity contribution in [2.45, 2.75) is 26.7 Å². The van der Waals surface area contributed by atoms with Crippen molar-refractivity contribution in [2.75, 3.05) is 11.9 Å². The smallest absolute Gasteiger partial charge is 0.319 e. The lowest BCUT2D eigenvalue weighted by Crippen LogP contribution is -2.29. The van der Waals surface area contributed by atoms with Crippen LogP contribution >= 0.6 is 15.9 Å². The summed E-state index contributed by atoms with van der Waals surface area (Å²) in [5.41, 5.74) is 1.80. The van der Waals surface area contributed by atoms with Gasteiger partial charge in [-0.05, 0) is 37.5 Å². The Bertz CT molecular complexity index is 491. The third-order valence-electron chi connectivity index (χ3n) is 2.95. The predicted octanol–water partition coefficient (Wildman–Crippen LogP) is 3.38. The summed E-state index contributed by atoms with van der Waals surface area (Å²) in [4.78, 5) is 22.3. The summed E-state index contributed by atoms with van der Waals surface area (Å²) >= 11 is 3.40. The van der Waals surface area contributed by atoms with Gasteiger partial charge in [0.2, 0.25) is 0 Å². The van der Waals surface area contributed by atoms with Crippen molar-refractivity contribution < 1.29 is 14.7 Å². The van der Waals surface area contributed by atoms with Crippen LogP contribution in [-0.4, -0.2) is 23.7 Å². The number of nitrogens with one attached hydrogen (secondary N) is 2. The molecule has 2 amide bonds. The second-order valence-corrected chi connectivity index (χ2v) is 5.58. The summed E-state index contributed by atoms with van der Waals surface area (Å²) in [5.74, 6) is -1.19. The van der Waals surface area contributed by atoms with Gasteiger partial charge in [0, 0.05) is 16.7 Å². The second kappa shape index (κ2) is 7.89. The number of hydrogen-bond acceptors (Lipinski definition) is 2. The SMILES string of the molecule is Cc1ccc(NC(=O)NCCCC(C)C(=O)O)cc1Br. The fraction of sp³-hybridized carbons (Fsp3) is 0.429. The summed E-state index contributed by atoms with van der Waals surface area (Å²) in [5, 5.41) is 14.2. The van der Waals surface area contributed by atoms with Crippen LogP contribution in [-0.2, 0) is 4.79 Å². The number of aryl methyl sites for hydroxylation is 1. The molecule has 0 aliphatic carbocycles. The number of hydrogen-bond donors (Lipinski definition) is 3. The van der Waals surface area contributed by atoms with Crippen molar-refractivity contribution in [3.63, 3.8) is 0 Å². The van der Waals surface area contributed by atoms with Crippen LogP contribution in [0.4, 0.5) is 10.5 Å². The molecule has 1 aromatic rings. The molecule has 0 fully saturated rings. The summed E-state index contributed by atoms with van der Waals surface area (Å²) in [7, 11) is 0. The zero-order chi connectivity index (χ0) is 15.1. The molecule has 6 heteroatoms. The average molecular weight is 343 g/mol. The number of carbonyl (C=O) groups is 2. The number of urea groups is 1. The molecule has 0 aromatic heterocycles. The molecule has 5 nitrogen and oxygen atoms in total. The highest BCUT2D eigenvalue weighted by atomic mass is 79.9. The van der Waals surface area contributed by atoms with Crippen LogP contribution < -0.4 is 10.6 Å². The number of anilines is 1. The number of rotatable bonds is 6. The maximum atomic E-state index is 11.6. The monoisotopic (exact) mass is 342 g/mol. The van der Waals surface area contributed by atoms with Gasteiger partial charge in [-0.15, -0.1) is 0 Å². The van der Waals surface area contributed by atoms with Gasteiger partial charge in [0.15, 0.2) is 0 Å². The number of halogens is 1. The maximum absolute atomic E-state index is 11.6. The minimum atomic E-state index is -0.807. The standard InChI is InChI=1S/C14H19BrN2O3/c1-9-5-6-11(8-12(9)15)17-14(20)16-7-3-4-10(2)13(18)19/h5-6,8,10H,3-4,7H2,1-2H3,(H,18,19)(H2,16,17,20).